The maximum atomic E-state index is 10.4. The van der Waals surface area contributed by atoms with E-state index >= 15 is 0 Å². The second kappa shape index (κ2) is 6.44. The number of carboxylic acid groups (broad SMARTS) is 1. The van der Waals surface area contributed by atoms with Gasteiger partial charge in [0.15, 0.2) is 0 Å². The molecule has 0 saturated heterocycles. The Labute approximate surface area is 118 Å². The maximum Gasteiger partial charge on any atom is 0.314 e. The fraction of sp³-hybridized carbons (Fsp3) is 0.182. The molecular weight excluding hydrogens is 290 g/mol. The van der Waals surface area contributed by atoms with E-state index in [0.29, 0.717) is 17.5 Å². The molecular formula is C11H10ClN3O3S. The third-order valence-electron chi connectivity index (χ3n) is 2.06. The number of rotatable bonds is 6. The van der Waals surface area contributed by atoms with Gasteiger partial charge in [-0.25, -0.2) is 0 Å². The first-order chi connectivity index (χ1) is 9.13. The van der Waals surface area contributed by atoms with Crippen LogP contribution in [0.4, 0.5) is 5.69 Å². The van der Waals surface area contributed by atoms with Crippen LogP contribution in [0.25, 0.3) is 0 Å². The van der Waals surface area contributed by atoms with E-state index in [9.17, 15) is 4.79 Å². The lowest BCUT2D eigenvalue weighted by Crippen LogP contribution is -1.99. The molecule has 2 rings (SSSR count). The Balaban J connectivity index is 1.86. The molecule has 1 aromatic heterocycles. The number of anilines is 1. The maximum absolute atomic E-state index is 10.4. The van der Waals surface area contributed by atoms with Gasteiger partial charge in [-0.3, -0.25) is 4.79 Å². The lowest BCUT2D eigenvalue weighted by atomic mass is 10.3. The Morgan fingerprint density at radius 2 is 2.11 bits per heavy atom. The molecule has 100 valence electrons. The summed E-state index contributed by atoms with van der Waals surface area (Å²) in [6, 6.07) is 7.20. The number of aromatic nitrogens is 2. The Morgan fingerprint density at radius 1 is 1.37 bits per heavy atom. The zero-order valence-electron chi connectivity index (χ0n) is 9.67. The van der Waals surface area contributed by atoms with E-state index in [1.54, 1.807) is 12.1 Å². The highest BCUT2D eigenvalue weighted by molar-refractivity contribution is 7.99. The van der Waals surface area contributed by atoms with Crippen molar-refractivity contribution in [1.82, 2.24) is 10.2 Å². The van der Waals surface area contributed by atoms with Crippen LogP contribution in [0.1, 0.15) is 5.89 Å². The number of carboxylic acids is 1. The van der Waals surface area contributed by atoms with Gasteiger partial charge in [0.1, 0.15) is 5.75 Å². The van der Waals surface area contributed by atoms with Crippen molar-refractivity contribution in [2.24, 2.45) is 0 Å². The molecule has 0 aliphatic carbocycles. The first-order valence-electron chi connectivity index (χ1n) is 5.30. The molecule has 8 heteroatoms. The SMILES string of the molecule is O=C(O)CSc1nnc(CNc2ccc(Cl)cc2)o1. The van der Waals surface area contributed by atoms with Crippen LogP contribution in [0.15, 0.2) is 33.9 Å². The fourth-order valence-electron chi connectivity index (χ4n) is 1.24. The molecule has 19 heavy (non-hydrogen) atoms. The quantitative estimate of drug-likeness (QED) is 0.792. The van der Waals surface area contributed by atoms with E-state index in [2.05, 4.69) is 15.5 Å². The van der Waals surface area contributed by atoms with Gasteiger partial charge in [0, 0.05) is 10.7 Å². The predicted molar refractivity (Wildman–Crippen MR) is 71.4 cm³/mol. The summed E-state index contributed by atoms with van der Waals surface area (Å²) in [4.78, 5) is 10.4. The van der Waals surface area contributed by atoms with Gasteiger partial charge in [-0.15, -0.1) is 10.2 Å². The number of benzene rings is 1. The van der Waals surface area contributed by atoms with E-state index in [1.807, 2.05) is 12.1 Å². The summed E-state index contributed by atoms with van der Waals surface area (Å²) in [6.45, 7) is 0.363. The lowest BCUT2D eigenvalue weighted by molar-refractivity contribution is -0.133. The van der Waals surface area contributed by atoms with Gasteiger partial charge >= 0.3 is 5.97 Å². The van der Waals surface area contributed by atoms with Crippen LogP contribution in [-0.4, -0.2) is 27.0 Å². The summed E-state index contributed by atoms with van der Waals surface area (Å²) in [5.74, 6) is -0.640. The molecule has 2 aromatic rings. The molecule has 0 atom stereocenters. The summed E-state index contributed by atoms with van der Waals surface area (Å²) in [6.07, 6.45) is 0. The van der Waals surface area contributed by atoms with E-state index in [1.165, 1.54) is 0 Å². The summed E-state index contributed by atoms with van der Waals surface area (Å²) in [7, 11) is 0. The van der Waals surface area contributed by atoms with Gasteiger partial charge in [-0.2, -0.15) is 0 Å². The molecule has 0 radical (unpaired) electrons. The van der Waals surface area contributed by atoms with Gasteiger partial charge in [-0.1, -0.05) is 23.4 Å². The summed E-state index contributed by atoms with van der Waals surface area (Å²) in [5.41, 5.74) is 0.877. The second-order valence-corrected chi connectivity index (χ2v) is 4.87. The van der Waals surface area contributed by atoms with Crippen molar-refractivity contribution in [2.75, 3.05) is 11.1 Å². The number of aliphatic carboxylic acids is 1. The van der Waals surface area contributed by atoms with Crippen LogP contribution >= 0.6 is 23.4 Å². The molecule has 0 saturated carbocycles. The van der Waals surface area contributed by atoms with Crippen LogP contribution in [0, 0.1) is 0 Å². The summed E-state index contributed by atoms with van der Waals surface area (Å²) < 4.78 is 5.27. The van der Waals surface area contributed by atoms with Gasteiger partial charge in [0.25, 0.3) is 5.22 Å². The van der Waals surface area contributed by atoms with Crippen molar-refractivity contribution in [3.05, 3.63) is 35.2 Å². The van der Waals surface area contributed by atoms with E-state index in [-0.39, 0.29) is 11.0 Å². The normalized spacial score (nSPS) is 10.4. The topological polar surface area (TPSA) is 88.2 Å². The average Bonchev–Trinajstić information content (AvgIpc) is 2.84. The monoisotopic (exact) mass is 299 g/mol. The van der Waals surface area contributed by atoms with Crippen molar-refractivity contribution in [1.29, 1.82) is 0 Å². The zero-order valence-corrected chi connectivity index (χ0v) is 11.2. The van der Waals surface area contributed by atoms with Crippen LogP contribution in [0.5, 0.6) is 0 Å². The molecule has 0 fully saturated rings. The third-order valence-corrected chi connectivity index (χ3v) is 3.11. The van der Waals surface area contributed by atoms with Gasteiger partial charge in [0.2, 0.25) is 5.89 Å². The number of halogens is 1. The van der Waals surface area contributed by atoms with E-state index < -0.39 is 5.97 Å². The number of hydrogen-bond donors (Lipinski definition) is 2. The molecule has 0 aliphatic heterocycles. The Morgan fingerprint density at radius 3 is 2.79 bits per heavy atom. The average molecular weight is 300 g/mol. The largest absolute Gasteiger partial charge is 0.481 e. The van der Waals surface area contributed by atoms with Crippen molar-refractivity contribution < 1.29 is 14.3 Å². The second-order valence-electron chi connectivity index (χ2n) is 3.50. The Bertz CT molecular complexity index is 559. The zero-order chi connectivity index (χ0) is 13.7. The lowest BCUT2D eigenvalue weighted by Gasteiger charge is -2.02. The highest BCUT2D eigenvalue weighted by Crippen LogP contribution is 2.17. The standard InChI is InChI=1S/C11H10ClN3O3S/c12-7-1-3-8(4-2-7)13-5-9-14-15-11(18-9)19-6-10(16)17/h1-4,13H,5-6H2,(H,16,17). The molecule has 1 heterocycles. The number of nitrogens with zero attached hydrogens (tertiary/aromatic N) is 2. The Kier molecular flexibility index (Phi) is 4.64. The van der Waals surface area contributed by atoms with Crippen LogP contribution in [0.2, 0.25) is 5.02 Å². The van der Waals surface area contributed by atoms with Gasteiger partial charge < -0.3 is 14.8 Å². The minimum Gasteiger partial charge on any atom is -0.481 e. The number of thioether (sulfide) groups is 1. The molecule has 1 aromatic carbocycles. The fourth-order valence-corrected chi connectivity index (χ4v) is 1.86. The van der Waals surface area contributed by atoms with Gasteiger partial charge in [-0.05, 0) is 24.3 Å². The molecule has 0 amide bonds. The molecule has 6 nitrogen and oxygen atoms in total. The number of carbonyl (C=O) groups is 1. The molecule has 0 aliphatic rings. The van der Waals surface area contributed by atoms with Crippen LogP contribution in [-0.2, 0) is 11.3 Å². The number of hydrogen-bond acceptors (Lipinski definition) is 6. The number of nitrogens with one attached hydrogen (secondary N) is 1. The van der Waals surface area contributed by atoms with E-state index in [0.717, 1.165) is 17.4 Å². The van der Waals surface area contributed by atoms with Crippen molar-refractivity contribution in [2.45, 2.75) is 11.8 Å². The predicted octanol–water partition coefficient (Wildman–Crippen LogP) is 2.51. The minimum atomic E-state index is -0.927. The van der Waals surface area contributed by atoms with Crippen LogP contribution in [0.3, 0.4) is 0 Å². The highest BCUT2D eigenvalue weighted by atomic mass is 35.5. The van der Waals surface area contributed by atoms with Crippen molar-refractivity contribution in [3.63, 3.8) is 0 Å². The van der Waals surface area contributed by atoms with E-state index in [4.69, 9.17) is 21.1 Å². The minimum absolute atomic E-state index is 0.105. The molecule has 0 unspecified atom stereocenters. The van der Waals surface area contributed by atoms with Crippen LogP contribution < -0.4 is 5.32 Å². The van der Waals surface area contributed by atoms with Crippen molar-refractivity contribution >= 4 is 35.0 Å². The summed E-state index contributed by atoms with van der Waals surface area (Å²) in [5, 5.41) is 20.1. The molecule has 0 bridgehead atoms. The summed E-state index contributed by atoms with van der Waals surface area (Å²) >= 11 is 6.76. The van der Waals surface area contributed by atoms with Crippen molar-refractivity contribution in [3.8, 4) is 0 Å². The highest BCUT2D eigenvalue weighted by Gasteiger charge is 2.08. The molecule has 0 spiro atoms. The first kappa shape index (κ1) is 13.7. The first-order valence-corrected chi connectivity index (χ1v) is 6.66. The van der Waals surface area contributed by atoms with Gasteiger partial charge in [0.05, 0.1) is 6.54 Å². The smallest absolute Gasteiger partial charge is 0.314 e. The third kappa shape index (κ3) is 4.46. The molecule has 2 N–H and O–H groups in total. The Hall–Kier alpha value is -1.73.